The molecule has 0 spiro atoms. The highest BCUT2D eigenvalue weighted by atomic mass is 32.7. The molecule has 3 saturated heterocycles. The third-order valence-electron chi connectivity index (χ3n) is 6.82. The molecule has 276 valence electrons. The Balaban J connectivity index is 1.54. The number of thiol groups is 1. The van der Waals surface area contributed by atoms with Gasteiger partial charge in [0.2, 0.25) is 0 Å². The van der Waals surface area contributed by atoms with E-state index in [4.69, 9.17) is 36.8 Å². The van der Waals surface area contributed by atoms with Crippen molar-refractivity contribution >= 4 is 58.0 Å². The Kier molecular flexibility index (Phi) is 15.4. The van der Waals surface area contributed by atoms with Crippen LogP contribution in [0.15, 0.2) is 0 Å². The van der Waals surface area contributed by atoms with E-state index in [2.05, 4.69) is 20.9 Å². The first kappa shape index (κ1) is 42.3. The molecule has 5 unspecified atom stereocenters. The van der Waals surface area contributed by atoms with E-state index in [9.17, 15) is 51.9 Å². The average molecular weight is 804 g/mol. The molecule has 0 aromatic rings. The number of phosphoric acid groups is 3. The molecule has 3 rings (SSSR count). The first-order chi connectivity index (χ1) is 21.5. The standard InChI is InChI=1S/C19H39BFO20P5S/c1-3-42(23,24)40-45(29,30)41-46(31,47)34-10-18-15(6-19(20)37-18)39-44(27,28)33-9-17-14(5-12(7-21)36-17)38-43(25,26)32-8-16-13(22)4-11(2)35-16/h11-19,22H,3-10,20H2,1-2H3,(H,23,24)(H,25,26)(H,27,28)(H,29,30)(H,31,47)/t11-,12+,13-,14-,15-,16+,17+,18+,19+,46?/m0/s1. The van der Waals surface area contributed by atoms with Crippen LogP contribution in [0.1, 0.15) is 33.1 Å². The minimum absolute atomic E-state index is 0.0235. The first-order valence-corrected chi connectivity index (χ1v) is 23.0. The van der Waals surface area contributed by atoms with E-state index < -0.39 is 119 Å². The van der Waals surface area contributed by atoms with Gasteiger partial charge in [-0.05, 0) is 13.3 Å². The second-order valence-electron chi connectivity index (χ2n) is 10.9. The van der Waals surface area contributed by atoms with Crippen LogP contribution in [-0.2, 0) is 68.3 Å². The molecule has 14 atom stereocenters. The van der Waals surface area contributed by atoms with Crippen LogP contribution in [0.4, 0.5) is 4.39 Å². The number of rotatable bonds is 19. The predicted octanol–water partition coefficient (Wildman–Crippen LogP) is 1.80. The molecule has 0 aromatic heterocycles. The van der Waals surface area contributed by atoms with Gasteiger partial charge in [0.25, 0.3) is 0 Å². The number of phosphoric ester groups is 2. The third kappa shape index (κ3) is 14.1. The van der Waals surface area contributed by atoms with Gasteiger partial charge in [-0.1, -0.05) is 19.2 Å². The van der Waals surface area contributed by atoms with Gasteiger partial charge in [0, 0.05) is 25.0 Å². The molecule has 0 saturated carbocycles. The quantitative estimate of drug-likeness (QED) is 0.0617. The smallest absolute Gasteiger partial charge is 0.390 e. The first-order valence-electron chi connectivity index (χ1n) is 14.1. The summed E-state index contributed by atoms with van der Waals surface area (Å²) >= 11 is 3.54. The molecular formula is C19H39BFO20P5S. The lowest BCUT2D eigenvalue weighted by molar-refractivity contribution is -0.0432. The fourth-order valence-electron chi connectivity index (χ4n) is 4.72. The largest absolute Gasteiger partial charge is 0.487 e. The average Bonchev–Trinajstić information content (AvgIpc) is 3.58. The lowest BCUT2D eigenvalue weighted by Gasteiger charge is -2.25. The van der Waals surface area contributed by atoms with Gasteiger partial charge in [0.05, 0.1) is 44.2 Å². The fourth-order valence-corrected chi connectivity index (χ4v) is 11.4. The van der Waals surface area contributed by atoms with Gasteiger partial charge in [-0.3, -0.25) is 27.2 Å². The van der Waals surface area contributed by atoms with Gasteiger partial charge in [0.15, 0.2) is 0 Å². The molecule has 3 fully saturated rings. The monoisotopic (exact) mass is 804 g/mol. The van der Waals surface area contributed by atoms with E-state index in [-0.39, 0.29) is 18.9 Å². The number of aliphatic hydroxyl groups excluding tert-OH is 1. The lowest BCUT2D eigenvalue weighted by Crippen LogP contribution is -2.31. The zero-order valence-electron chi connectivity index (χ0n) is 25.3. The molecule has 47 heavy (non-hydrogen) atoms. The Hall–Kier alpha value is 0.895. The normalized spacial score (nSPS) is 37.9. The number of aliphatic hydroxyl groups is 1. The van der Waals surface area contributed by atoms with Gasteiger partial charge >= 0.3 is 37.9 Å². The van der Waals surface area contributed by atoms with Crippen LogP contribution in [0.25, 0.3) is 0 Å². The highest BCUT2D eigenvalue weighted by Gasteiger charge is 2.46. The van der Waals surface area contributed by atoms with Gasteiger partial charge in [0.1, 0.15) is 38.9 Å². The van der Waals surface area contributed by atoms with E-state index in [0.29, 0.717) is 6.42 Å². The van der Waals surface area contributed by atoms with Crippen molar-refractivity contribution < 1.29 is 97.3 Å². The SMILES string of the molecule is B[C@H]1C[C@H](OP(=O)(O)OC[C@H]2O[C@@H](CF)C[C@@H]2OP(=O)(O)OC[C@H]2O[C@@H](C)C[C@@H]2O)[C@@H](COP(=O)(S)OP(=O)(O)OP(=O)(O)CC)O1. The second-order valence-corrected chi connectivity index (χ2v) is 20.5. The van der Waals surface area contributed by atoms with Crippen molar-refractivity contribution in [1.29, 1.82) is 0 Å². The van der Waals surface area contributed by atoms with E-state index in [1.807, 2.05) is 0 Å². The van der Waals surface area contributed by atoms with Crippen LogP contribution >= 0.6 is 50.1 Å². The molecule has 0 radical (unpaired) electrons. The van der Waals surface area contributed by atoms with Gasteiger partial charge in [-0.25, -0.2) is 27.0 Å². The predicted molar refractivity (Wildman–Crippen MR) is 162 cm³/mol. The minimum Gasteiger partial charge on any atom is -0.390 e. The molecule has 0 bridgehead atoms. The Morgan fingerprint density at radius 2 is 1.32 bits per heavy atom. The molecule has 0 amide bonds. The minimum atomic E-state index is -5.39. The van der Waals surface area contributed by atoms with E-state index >= 15 is 0 Å². The van der Waals surface area contributed by atoms with Gasteiger partial charge in [-0.2, -0.15) is 4.31 Å². The molecule has 3 heterocycles. The van der Waals surface area contributed by atoms with E-state index in [1.54, 1.807) is 14.8 Å². The van der Waals surface area contributed by atoms with Crippen molar-refractivity contribution in [3.8, 4) is 0 Å². The highest BCUT2D eigenvalue weighted by molar-refractivity contribution is 8.45. The zero-order chi connectivity index (χ0) is 35.4. The molecule has 0 aromatic carbocycles. The Morgan fingerprint density at radius 1 is 0.787 bits per heavy atom. The molecule has 20 nitrogen and oxygen atoms in total. The molecule has 0 aliphatic carbocycles. The molecule has 3 aliphatic rings. The van der Waals surface area contributed by atoms with Crippen molar-refractivity contribution in [3.05, 3.63) is 0 Å². The van der Waals surface area contributed by atoms with E-state index in [0.717, 1.165) is 0 Å². The maximum absolute atomic E-state index is 13.4. The third-order valence-corrected chi connectivity index (χ3v) is 14.6. The lowest BCUT2D eigenvalue weighted by atomic mass is 9.96. The maximum Gasteiger partial charge on any atom is 0.487 e. The second kappa shape index (κ2) is 17.1. The van der Waals surface area contributed by atoms with Gasteiger partial charge < -0.3 is 38.9 Å². The summed E-state index contributed by atoms with van der Waals surface area (Å²) in [5, 5.41) is 9.94. The molecule has 28 heteroatoms. The maximum atomic E-state index is 13.4. The van der Waals surface area contributed by atoms with Crippen molar-refractivity contribution in [1.82, 2.24) is 0 Å². The fraction of sp³-hybridized carbons (Fsp3) is 1.00. The van der Waals surface area contributed by atoms with Crippen LogP contribution in [-0.4, -0.2) is 120 Å². The Morgan fingerprint density at radius 3 is 1.85 bits per heavy atom. The van der Waals surface area contributed by atoms with Crippen LogP contribution in [0, 0.1) is 0 Å². The van der Waals surface area contributed by atoms with Crippen LogP contribution in [0.5, 0.6) is 0 Å². The molecule has 5 N–H and O–H groups in total. The van der Waals surface area contributed by atoms with Crippen LogP contribution in [0.2, 0.25) is 0 Å². The topological polar surface area (TPSA) is 279 Å². The number of alkyl halides is 1. The van der Waals surface area contributed by atoms with Crippen molar-refractivity contribution in [2.75, 3.05) is 32.7 Å². The number of halogens is 1. The Bertz CT molecular complexity index is 1300. The van der Waals surface area contributed by atoms with Crippen molar-refractivity contribution in [2.45, 2.75) is 87.9 Å². The Labute approximate surface area is 275 Å². The van der Waals surface area contributed by atoms with Crippen molar-refractivity contribution in [3.63, 3.8) is 0 Å². The van der Waals surface area contributed by atoms with Crippen LogP contribution in [0.3, 0.4) is 0 Å². The summed E-state index contributed by atoms with van der Waals surface area (Å²) in [6.45, 7) is -4.90. The van der Waals surface area contributed by atoms with Crippen molar-refractivity contribution in [2.24, 2.45) is 0 Å². The summed E-state index contributed by atoms with van der Waals surface area (Å²) < 4.78 is 125. The highest BCUT2D eigenvalue weighted by Crippen LogP contribution is 2.70. The zero-order valence-corrected chi connectivity index (χ0v) is 30.6. The number of hydrogen-bond donors (Lipinski definition) is 6. The van der Waals surface area contributed by atoms with E-state index in [1.165, 1.54) is 6.92 Å². The number of hydrogen-bond acceptors (Lipinski definition) is 16. The molecule has 3 aliphatic heterocycles. The summed E-state index contributed by atoms with van der Waals surface area (Å²) in [5.74, 6) is 0. The molecular weight excluding hydrogens is 765 g/mol. The summed E-state index contributed by atoms with van der Waals surface area (Å²) in [4.78, 5) is 39.6. The summed E-state index contributed by atoms with van der Waals surface area (Å²) in [5.41, 5.74) is 0. The van der Waals surface area contributed by atoms with Gasteiger partial charge in [-0.15, -0.1) is 0 Å². The summed E-state index contributed by atoms with van der Waals surface area (Å²) in [6, 6.07) is -0.607. The summed E-state index contributed by atoms with van der Waals surface area (Å²) in [6.07, 6.45) is -8.92. The summed E-state index contributed by atoms with van der Waals surface area (Å²) in [7, 11) is -18.2. The van der Waals surface area contributed by atoms with Crippen LogP contribution < -0.4 is 0 Å². The number of ether oxygens (including phenoxy) is 3.